The number of rotatable bonds is 31. The molecule has 0 aromatic heterocycles. The summed E-state index contributed by atoms with van der Waals surface area (Å²) < 4.78 is 41.5. The van der Waals surface area contributed by atoms with Crippen LogP contribution < -0.4 is 171 Å². The number of aromatic hydroxyl groups is 1. The predicted octanol–water partition coefficient (Wildman–Crippen LogP) is 12.1. The molecular formula is C93H101IK2N10O17S4. The van der Waals surface area contributed by atoms with E-state index >= 15 is 0 Å². The van der Waals surface area contributed by atoms with Gasteiger partial charge >= 0.3 is 103 Å². The fourth-order valence-electron chi connectivity index (χ4n) is 16.0. The zero-order chi connectivity index (χ0) is 88.6. The predicted molar refractivity (Wildman–Crippen MR) is 507 cm³/mol. The van der Waals surface area contributed by atoms with E-state index in [-0.39, 0.29) is 191 Å². The van der Waals surface area contributed by atoms with Crippen LogP contribution in [0.1, 0.15) is 157 Å². The van der Waals surface area contributed by atoms with Gasteiger partial charge in [0.05, 0.1) is 129 Å². The minimum Gasteiger partial charge on any atom is -1.00 e. The van der Waals surface area contributed by atoms with Gasteiger partial charge in [-0.3, -0.25) is 73.1 Å². The molecule has 0 bridgehead atoms. The summed E-state index contributed by atoms with van der Waals surface area (Å²) in [5, 5.41) is 24.5. The van der Waals surface area contributed by atoms with Gasteiger partial charge in [-0.1, -0.05) is 114 Å². The van der Waals surface area contributed by atoms with Gasteiger partial charge in [0.15, 0.2) is 46.0 Å². The van der Waals surface area contributed by atoms with E-state index in [1.54, 1.807) is 111 Å². The third-order valence-corrected chi connectivity index (χ3v) is 28.3. The molecule has 0 radical (unpaired) electrons. The summed E-state index contributed by atoms with van der Waals surface area (Å²) in [5.74, 6) is 2.69. The molecule has 8 aliphatic rings. The first-order chi connectivity index (χ1) is 60.4. The Hall–Kier alpha value is -7.51. The average molecular weight is 1960 g/mol. The molecule has 8 heterocycles. The van der Waals surface area contributed by atoms with Crippen LogP contribution in [0.3, 0.4) is 0 Å². The second kappa shape index (κ2) is 46.5. The zero-order valence-electron chi connectivity index (χ0n) is 74.2. The Balaban J connectivity index is 0.000000212. The Kier molecular flexibility index (Phi) is 36.7. The zero-order valence-corrected chi connectivity index (χ0v) is 84.9. The number of phenols is 1. The molecule has 658 valence electrons. The first-order valence-corrected chi connectivity index (χ1v) is 47.8. The molecule has 0 saturated heterocycles. The Bertz CT molecular complexity index is 5520. The topological polar surface area (TPSA) is 323 Å². The van der Waals surface area contributed by atoms with Crippen molar-refractivity contribution in [1.82, 2.24) is 0 Å². The van der Waals surface area contributed by atoms with Crippen LogP contribution in [0.2, 0.25) is 0 Å². The number of carbonyl (C=O) groups is 7. The first kappa shape index (κ1) is 100. The van der Waals surface area contributed by atoms with Crippen LogP contribution in [0.5, 0.6) is 46.0 Å². The third kappa shape index (κ3) is 24.1. The van der Waals surface area contributed by atoms with Crippen molar-refractivity contribution in [3.63, 3.8) is 0 Å². The SMILES string of the molecule is COc1cc2c(cc1O)N=C[C@@H]1Cc3ccc(NC(=O)CCC(C)(C)SSC)cc3N1C2=O.COc1cc2c(cc1OCCCCCI)N=C[C@@H]1Cc3ccccc3N1C2=O.COc1cc2c(cc1OCCCCCOc1cc3c(cc1OC)C(=O)N1c4cc(NC(=O)CCC(C)(C)SSC)ccc4C[C@H]1C=N3)N=C[C@@H]1Cc3ccccc3N1C2=O.O=CO[O-].[H-].[K+].[K+]. The fraction of sp³-hybridized carbons (Fsp3) is 0.366. The Morgan fingerprint density at radius 1 is 0.465 bits per heavy atom. The Morgan fingerprint density at radius 3 is 1.11 bits per heavy atom. The van der Waals surface area contributed by atoms with Crippen molar-refractivity contribution >= 4 is 189 Å². The van der Waals surface area contributed by atoms with Crippen molar-refractivity contribution in [3.8, 4) is 46.0 Å². The van der Waals surface area contributed by atoms with Gasteiger partial charge in [0.1, 0.15) is 0 Å². The summed E-state index contributed by atoms with van der Waals surface area (Å²) in [6, 6.07) is 40.3. The summed E-state index contributed by atoms with van der Waals surface area (Å²) in [7, 11) is 13.1. The molecule has 8 aromatic rings. The fourth-order valence-corrected chi connectivity index (χ4v) is 21.0. The van der Waals surface area contributed by atoms with Gasteiger partial charge in [0.2, 0.25) is 11.8 Å². The summed E-state index contributed by atoms with van der Waals surface area (Å²) in [5.41, 5.74) is 13.0. The number of carbonyl (C=O) groups excluding carboxylic acids is 7. The molecule has 6 amide bonds. The van der Waals surface area contributed by atoms with Crippen LogP contribution in [-0.4, -0.2) is 171 Å². The maximum atomic E-state index is 14.2. The molecule has 3 N–H and O–H groups in total. The smallest absolute Gasteiger partial charge is 1.00 e. The number of fused-ring (bicyclic) bond motifs is 16. The Morgan fingerprint density at radius 2 is 0.780 bits per heavy atom. The van der Waals surface area contributed by atoms with E-state index in [9.17, 15) is 33.9 Å². The van der Waals surface area contributed by atoms with Crippen molar-refractivity contribution in [2.45, 2.75) is 151 Å². The Labute approximate surface area is 855 Å². The molecule has 0 aliphatic carbocycles. The molecule has 0 saturated carbocycles. The van der Waals surface area contributed by atoms with Gasteiger partial charge in [-0.05, 0) is 179 Å². The average Bonchev–Trinajstić information content (AvgIpc) is 1.63. The minimum absolute atomic E-state index is 0. The molecule has 8 aromatic carbocycles. The number of hydrogen-bond acceptors (Lipinski definition) is 25. The van der Waals surface area contributed by atoms with E-state index in [0.29, 0.717) is 136 Å². The number of aliphatic imine (C=N–C) groups is 4. The largest absolute Gasteiger partial charge is 1.00 e. The monoisotopic (exact) mass is 1960 g/mol. The van der Waals surface area contributed by atoms with Gasteiger partial charge < -0.3 is 60.5 Å². The maximum absolute atomic E-state index is 14.2. The second-order valence-corrected chi connectivity index (χ2v) is 38.9. The van der Waals surface area contributed by atoms with Crippen LogP contribution in [0.15, 0.2) is 153 Å². The molecule has 0 fully saturated rings. The number of nitrogens with one attached hydrogen (secondary N) is 2. The number of hydrogen-bond donors (Lipinski definition) is 3. The van der Waals surface area contributed by atoms with Crippen molar-refractivity contribution in [1.29, 1.82) is 0 Å². The van der Waals surface area contributed by atoms with Crippen LogP contribution in [-0.2, 0) is 45.0 Å². The summed E-state index contributed by atoms with van der Waals surface area (Å²) in [6.07, 6.45) is 22.2. The molecule has 127 heavy (non-hydrogen) atoms. The van der Waals surface area contributed by atoms with E-state index in [4.69, 9.17) is 53.2 Å². The summed E-state index contributed by atoms with van der Waals surface area (Å²) >= 11 is 2.39. The summed E-state index contributed by atoms with van der Waals surface area (Å²) in [6.45, 7) is 9.88. The number of alkyl halides is 1. The third-order valence-electron chi connectivity index (χ3n) is 22.2. The van der Waals surface area contributed by atoms with Crippen molar-refractivity contribution in [2.24, 2.45) is 20.0 Å². The molecule has 0 spiro atoms. The van der Waals surface area contributed by atoms with Crippen molar-refractivity contribution < 1.29 is 186 Å². The standard InChI is InChI=1S/C46H49N5O7S2.C24H27N3O4S2.C22H23IN2O3.CH2O3.2K.H/c1-46(2,60-59-5)16-15-43(52)49-30-14-13-29-20-32-27-48-36-25-42(40(56-4)23-34(36)45(54)51(32)38(29)21-30)58-18-10-6-9-17-57-41-24-35-33(22-39(41)55-3)44(53)50-31(26-47-35)19-28-11-7-8-12-37(28)50;1-24(2,33-32-4)8-7-22(29)26-15-6-5-14-9-16-13-25-18-12-20(28)21(31-3)11-17(18)23(30)27(16)19(14)10-15;1-27-20-12-17-18(13-21(20)28-10-6-2-5-9-23)24-14-16-11-15-7-3-4-8-19(15)25(16)22(17)26;2-1-4-3;;;/h7-8,11-14,21-27,31-32H,6,9-10,15-20H2,1-5H3,(H,49,52);5-6,10-13,16,28H,7-9H2,1-4H3,(H,26,29);3-4,7-8,12-14,16H,2,5-6,9-11H2,1H3;1,3H;;;/q;;;;2*+1;-1/p-1/t31-,32-;2*16-;;;;/m000..../s1. The van der Waals surface area contributed by atoms with E-state index in [1.165, 1.54) is 31.2 Å². The number of phenolic OH excluding ortho intramolecular Hbond substituents is 1. The van der Waals surface area contributed by atoms with E-state index < -0.39 is 0 Å². The van der Waals surface area contributed by atoms with E-state index in [2.05, 4.69) is 87.9 Å². The molecular weight excluding hydrogens is 1860 g/mol. The van der Waals surface area contributed by atoms with Crippen molar-refractivity contribution in [3.05, 3.63) is 178 Å². The van der Waals surface area contributed by atoms with Crippen molar-refractivity contribution in [2.75, 3.05) is 95.4 Å². The molecule has 4 atom stereocenters. The number of amides is 6. The number of nitrogens with zero attached hydrogens (tertiary/aromatic N) is 8. The molecule has 16 rings (SSSR count). The summed E-state index contributed by atoms with van der Waals surface area (Å²) in [4.78, 5) is 117. The molecule has 27 nitrogen and oxygen atoms in total. The number of anilines is 6. The minimum atomic E-state index is -0.260. The quantitative estimate of drug-likeness (QED) is 0.00531. The van der Waals surface area contributed by atoms with Gasteiger partial charge in [0.25, 0.3) is 30.1 Å². The second-order valence-electron chi connectivity index (χ2n) is 31.6. The van der Waals surface area contributed by atoms with Crippen LogP contribution in [0.25, 0.3) is 0 Å². The number of benzene rings is 8. The van der Waals surface area contributed by atoms with Gasteiger partial charge in [-0.2, -0.15) is 0 Å². The van der Waals surface area contributed by atoms with Crippen LogP contribution >= 0.6 is 65.8 Å². The first-order valence-electron chi connectivity index (χ1n) is 41.1. The molecule has 0 unspecified atom stereocenters. The van der Waals surface area contributed by atoms with Gasteiger partial charge in [0, 0.05) is 120 Å². The van der Waals surface area contributed by atoms with Gasteiger partial charge in [-0.15, -0.1) is 0 Å². The molecule has 34 heteroatoms. The number of methoxy groups -OCH3 is 4. The number of unbranched alkanes of at least 4 members (excludes halogenated alkanes) is 4. The normalized spacial score (nSPS) is 16.3. The molecule has 8 aliphatic heterocycles. The number of halogens is 1. The van der Waals surface area contributed by atoms with Crippen LogP contribution in [0, 0.1) is 0 Å². The van der Waals surface area contributed by atoms with Crippen LogP contribution in [0.4, 0.5) is 56.9 Å². The van der Waals surface area contributed by atoms with Gasteiger partial charge in [-0.25, -0.2) is 0 Å². The number of para-hydroxylation sites is 2. The van der Waals surface area contributed by atoms with E-state index in [1.807, 2.05) is 120 Å². The number of ether oxygens (including phenoxy) is 7. The van der Waals surface area contributed by atoms with E-state index in [0.717, 1.165) is 102 Å². The maximum Gasteiger partial charge on any atom is 1.00 e.